The van der Waals surface area contributed by atoms with E-state index in [0.29, 0.717) is 6.54 Å². The first-order valence-electron chi connectivity index (χ1n) is 7.97. The number of para-hydroxylation sites is 1. The number of hydrogen-bond acceptors (Lipinski definition) is 3. The Morgan fingerprint density at radius 1 is 1.12 bits per heavy atom. The Balaban J connectivity index is 1.94. The molecular formula is C19H20N2O3. The fourth-order valence-electron chi connectivity index (χ4n) is 3.08. The van der Waals surface area contributed by atoms with Gasteiger partial charge >= 0.3 is 0 Å². The fraction of sp³-hybridized carbons (Fsp3) is 0.263. The van der Waals surface area contributed by atoms with Gasteiger partial charge in [-0.1, -0.05) is 48.5 Å². The van der Waals surface area contributed by atoms with Crippen LogP contribution in [-0.2, 0) is 9.59 Å². The van der Waals surface area contributed by atoms with Crippen LogP contribution in [0.5, 0.6) is 0 Å². The number of aliphatic hydroxyl groups is 1. The molecule has 1 N–H and O–H groups in total. The fourth-order valence-corrected chi connectivity index (χ4v) is 3.08. The van der Waals surface area contributed by atoms with Crippen molar-refractivity contribution < 1.29 is 14.7 Å². The number of rotatable bonds is 3. The van der Waals surface area contributed by atoms with Crippen LogP contribution >= 0.6 is 0 Å². The lowest BCUT2D eigenvalue weighted by molar-refractivity contribution is -0.141. The van der Waals surface area contributed by atoms with E-state index in [2.05, 4.69) is 0 Å². The van der Waals surface area contributed by atoms with Crippen LogP contribution in [0.1, 0.15) is 6.92 Å². The van der Waals surface area contributed by atoms with Crippen LogP contribution < -0.4 is 4.90 Å². The quantitative estimate of drug-likeness (QED) is 0.938. The topological polar surface area (TPSA) is 60.9 Å². The maximum absolute atomic E-state index is 12.6. The van der Waals surface area contributed by atoms with E-state index < -0.39 is 12.5 Å². The highest BCUT2D eigenvalue weighted by Gasteiger charge is 2.33. The lowest BCUT2D eigenvalue weighted by atomic mass is 10.0. The van der Waals surface area contributed by atoms with Crippen LogP contribution in [0.15, 0.2) is 54.6 Å². The summed E-state index contributed by atoms with van der Waals surface area (Å²) < 4.78 is 0. The zero-order valence-electron chi connectivity index (χ0n) is 13.6. The summed E-state index contributed by atoms with van der Waals surface area (Å²) in [5, 5.41) is 9.05. The second kappa shape index (κ2) is 6.84. The third-order valence-electron chi connectivity index (χ3n) is 4.32. The summed E-state index contributed by atoms with van der Waals surface area (Å²) in [6.45, 7) is 1.72. The van der Waals surface area contributed by atoms with Crippen molar-refractivity contribution in [3.63, 3.8) is 0 Å². The van der Waals surface area contributed by atoms with E-state index in [9.17, 15) is 9.59 Å². The molecule has 0 spiro atoms. The van der Waals surface area contributed by atoms with E-state index in [1.165, 1.54) is 4.90 Å². The molecule has 2 aromatic carbocycles. The Hall–Kier alpha value is -2.66. The average Bonchev–Trinajstić information content (AvgIpc) is 2.63. The summed E-state index contributed by atoms with van der Waals surface area (Å²) in [5.41, 5.74) is 2.87. The Morgan fingerprint density at radius 3 is 2.50 bits per heavy atom. The smallest absolute Gasteiger partial charge is 0.249 e. The van der Waals surface area contributed by atoms with Crippen LogP contribution in [0.25, 0.3) is 11.1 Å². The molecule has 1 aliphatic rings. The molecule has 0 unspecified atom stereocenters. The van der Waals surface area contributed by atoms with Gasteiger partial charge in [0.1, 0.15) is 13.2 Å². The maximum atomic E-state index is 12.6. The standard InChI is InChI=1S/C19H20N2O3/c1-14-11-21(18(23)12-20(14)19(24)13-22)17-10-6-5-9-16(17)15-7-3-2-4-8-15/h2-10,14,22H,11-13H2,1H3/t14-/m1/s1. The molecule has 24 heavy (non-hydrogen) atoms. The van der Waals surface area contributed by atoms with Gasteiger partial charge in [-0.25, -0.2) is 0 Å². The number of hydrogen-bond donors (Lipinski definition) is 1. The molecule has 5 nitrogen and oxygen atoms in total. The monoisotopic (exact) mass is 324 g/mol. The molecule has 5 heteroatoms. The second-order valence-corrected chi connectivity index (χ2v) is 5.92. The zero-order valence-corrected chi connectivity index (χ0v) is 13.6. The maximum Gasteiger partial charge on any atom is 0.249 e. The van der Waals surface area contributed by atoms with Crippen molar-refractivity contribution in [1.29, 1.82) is 0 Å². The predicted molar refractivity (Wildman–Crippen MR) is 92.5 cm³/mol. The van der Waals surface area contributed by atoms with Crippen molar-refractivity contribution in [3.8, 4) is 11.1 Å². The first kappa shape index (κ1) is 16.2. The third-order valence-corrected chi connectivity index (χ3v) is 4.32. The minimum atomic E-state index is -0.571. The highest BCUT2D eigenvalue weighted by atomic mass is 16.3. The van der Waals surface area contributed by atoms with E-state index in [1.807, 2.05) is 61.5 Å². The van der Waals surface area contributed by atoms with Crippen LogP contribution in [-0.4, -0.2) is 47.6 Å². The summed E-state index contributed by atoms with van der Waals surface area (Å²) >= 11 is 0. The average molecular weight is 324 g/mol. The van der Waals surface area contributed by atoms with Gasteiger partial charge < -0.3 is 14.9 Å². The number of amides is 2. The first-order chi connectivity index (χ1) is 11.6. The summed E-state index contributed by atoms with van der Waals surface area (Å²) in [7, 11) is 0. The molecule has 124 valence electrons. The molecule has 0 bridgehead atoms. The van der Waals surface area contributed by atoms with Crippen molar-refractivity contribution in [2.24, 2.45) is 0 Å². The molecule has 2 aromatic rings. The van der Waals surface area contributed by atoms with Gasteiger partial charge in [0, 0.05) is 18.2 Å². The third kappa shape index (κ3) is 3.03. The van der Waals surface area contributed by atoms with Gasteiger partial charge in [-0.15, -0.1) is 0 Å². The van der Waals surface area contributed by atoms with Crippen molar-refractivity contribution in [2.45, 2.75) is 13.0 Å². The number of nitrogens with zero attached hydrogens (tertiary/aromatic N) is 2. The Morgan fingerprint density at radius 2 is 1.79 bits per heavy atom. The van der Waals surface area contributed by atoms with Crippen molar-refractivity contribution in [3.05, 3.63) is 54.6 Å². The molecule has 3 rings (SSSR count). The molecule has 0 aromatic heterocycles. The number of benzene rings is 2. The van der Waals surface area contributed by atoms with Crippen LogP contribution in [0, 0.1) is 0 Å². The molecule has 1 fully saturated rings. The minimum Gasteiger partial charge on any atom is -0.387 e. The SMILES string of the molecule is C[C@@H]1CN(c2ccccc2-c2ccccc2)C(=O)CN1C(=O)CO. The molecular weight excluding hydrogens is 304 g/mol. The van der Waals surface area contributed by atoms with Gasteiger partial charge in [-0.3, -0.25) is 9.59 Å². The molecule has 1 atom stereocenters. The Bertz CT molecular complexity index is 745. The Labute approximate surface area is 141 Å². The second-order valence-electron chi connectivity index (χ2n) is 5.92. The van der Waals surface area contributed by atoms with Gasteiger partial charge in [-0.05, 0) is 18.6 Å². The van der Waals surface area contributed by atoms with E-state index in [1.54, 1.807) is 4.90 Å². The molecule has 1 saturated heterocycles. The van der Waals surface area contributed by atoms with Crippen molar-refractivity contribution in [1.82, 2.24) is 4.90 Å². The van der Waals surface area contributed by atoms with Crippen LogP contribution in [0.3, 0.4) is 0 Å². The summed E-state index contributed by atoms with van der Waals surface area (Å²) in [6.07, 6.45) is 0. The van der Waals surface area contributed by atoms with Gasteiger partial charge in [0.05, 0.1) is 5.69 Å². The van der Waals surface area contributed by atoms with Crippen LogP contribution in [0.4, 0.5) is 5.69 Å². The number of piperazine rings is 1. The van der Waals surface area contributed by atoms with E-state index >= 15 is 0 Å². The number of aliphatic hydroxyl groups excluding tert-OH is 1. The van der Waals surface area contributed by atoms with Crippen molar-refractivity contribution >= 4 is 17.5 Å². The zero-order chi connectivity index (χ0) is 17.1. The normalized spacial score (nSPS) is 17.9. The molecule has 0 aliphatic carbocycles. The minimum absolute atomic E-state index is 0.0102. The summed E-state index contributed by atoms with van der Waals surface area (Å²) in [6, 6.07) is 17.5. The van der Waals surface area contributed by atoms with Gasteiger partial charge in [0.2, 0.25) is 11.8 Å². The highest BCUT2D eigenvalue weighted by Crippen LogP contribution is 2.32. The summed E-state index contributed by atoms with van der Waals surface area (Å²) in [5.74, 6) is -0.551. The lowest BCUT2D eigenvalue weighted by Crippen LogP contribution is -2.57. The van der Waals surface area contributed by atoms with Gasteiger partial charge in [0.25, 0.3) is 0 Å². The van der Waals surface area contributed by atoms with Crippen molar-refractivity contribution in [2.75, 3.05) is 24.6 Å². The van der Waals surface area contributed by atoms with Gasteiger partial charge in [0.15, 0.2) is 0 Å². The summed E-state index contributed by atoms with van der Waals surface area (Å²) in [4.78, 5) is 27.5. The van der Waals surface area contributed by atoms with Gasteiger partial charge in [-0.2, -0.15) is 0 Å². The predicted octanol–water partition coefficient (Wildman–Crippen LogP) is 1.91. The molecule has 0 radical (unpaired) electrons. The Kier molecular flexibility index (Phi) is 4.62. The number of anilines is 1. The van der Waals surface area contributed by atoms with E-state index in [0.717, 1.165) is 16.8 Å². The number of carbonyl (C=O) groups excluding carboxylic acids is 2. The van der Waals surface area contributed by atoms with Crippen LogP contribution in [0.2, 0.25) is 0 Å². The molecule has 2 amide bonds. The first-order valence-corrected chi connectivity index (χ1v) is 7.97. The molecule has 0 saturated carbocycles. The molecule has 1 heterocycles. The van der Waals surface area contributed by atoms with E-state index in [4.69, 9.17) is 5.11 Å². The highest BCUT2D eigenvalue weighted by molar-refractivity contribution is 6.01. The molecule has 1 aliphatic heterocycles. The van der Waals surface area contributed by atoms with E-state index in [-0.39, 0.29) is 18.5 Å². The number of carbonyl (C=O) groups is 2. The lowest BCUT2D eigenvalue weighted by Gasteiger charge is -2.39. The largest absolute Gasteiger partial charge is 0.387 e.